The third-order valence-electron chi connectivity index (χ3n) is 2.22. The van der Waals surface area contributed by atoms with E-state index in [1.54, 1.807) is 0 Å². The van der Waals surface area contributed by atoms with Gasteiger partial charge in [0.2, 0.25) is 20.0 Å². The van der Waals surface area contributed by atoms with E-state index in [1.807, 2.05) is 0 Å². The van der Waals surface area contributed by atoms with E-state index in [9.17, 15) is 16.8 Å². The van der Waals surface area contributed by atoms with Gasteiger partial charge in [0.15, 0.2) is 0 Å². The van der Waals surface area contributed by atoms with Gasteiger partial charge in [0.25, 0.3) is 0 Å². The van der Waals surface area contributed by atoms with Gasteiger partial charge in [-0.2, -0.15) is 0 Å². The molecule has 0 aliphatic carbocycles. The number of rotatable bonds is 6. The van der Waals surface area contributed by atoms with E-state index < -0.39 is 20.0 Å². The fraction of sp³-hybridized carbons (Fsp3) is 0.444. The largest absolute Gasteiger partial charge is 0.243 e. The van der Waals surface area contributed by atoms with E-state index in [-0.39, 0.29) is 22.3 Å². The fourth-order valence-electron chi connectivity index (χ4n) is 1.09. The molecule has 0 saturated heterocycles. The molecule has 1 N–H and O–H groups in total. The Balaban J connectivity index is 2.70. The second kappa shape index (κ2) is 6.14. The van der Waals surface area contributed by atoms with Crippen LogP contribution in [0.4, 0.5) is 0 Å². The number of hydrogen-bond donors (Lipinski definition) is 1. The maximum atomic E-state index is 11.8. The summed E-state index contributed by atoms with van der Waals surface area (Å²) in [7, 11) is -4.46. The molecule has 0 atom stereocenters. The first-order chi connectivity index (χ1) is 8.65. The van der Waals surface area contributed by atoms with Crippen molar-refractivity contribution in [2.75, 3.05) is 26.4 Å². The summed E-state index contributed by atoms with van der Waals surface area (Å²) < 4.78 is 49.7. The maximum Gasteiger partial charge on any atom is 0.242 e. The molecule has 19 heavy (non-hydrogen) atoms. The van der Waals surface area contributed by atoms with Gasteiger partial charge in [-0.25, -0.2) is 30.8 Å². The molecule has 0 aliphatic heterocycles. The number of sulfonamides is 2. The number of nitrogens with one attached hydrogen (secondary N) is 1. The summed E-state index contributed by atoms with van der Waals surface area (Å²) in [6.07, 6.45) is 1.10. The molecule has 108 valence electrons. The quantitative estimate of drug-likeness (QED) is 0.736. The van der Waals surface area contributed by atoms with Crippen LogP contribution in [-0.4, -0.2) is 52.5 Å². The van der Waals surface area contributed by atoms with Crippen LogP contribution in [0.15, 0.2) is 23.2 Å². The van der Waals surface area contributed by atoms with Crippen molar-refractivity contribution in [3.8, 4) is 0 Å². The first kappa shape index (κ1) is 16.3. The Bertz CT molecular complexity index is 626. The molecule has 10 heteroatoms. The number of nitrogens with zero attached hydrogens (tertiary/aromatic N) is 2. The Hall–Kier alpha value is -0.740. The summed E-state index contributed by atoms with van der Waals surface area (Å²) in [5.74, 6) is -0.319. The van der Waals surface area contributed by atoms with Crippen LogP contribution in [-0.2, 0) is 20.0 Å². The second-order valence-electron chi connectivity index (χ2n) is 3.81. The molecule has 0 amide bonds. The molecule has 1 aromatic heterocycles. The Morgan fingerprint density at radius 3 is 2.37 bits per heavy atom. The maximum absolute atomic E-state index is 11.8. The van der Waals surface area contributed by atoms with Crippen molar-refractivity contribution in [2.45, 2.75) is 4.90 Å². The van der Waals surface area contributed by atoms with Crippen molar-refractivity contribution in [3.05, 3.63) is 23.5 Å². The summed E-state index contributed by atoms with van der Waals surface area (Å²) in [4.78, 5) is 3.58. The van der Waals surface area contributed by atoms with E-state index >= 15 is 0 Å². The highest BCUT2D eigenvalue weighted by molar-refractivity contribution is 7.90. The normalized spacial score (nSPS) is 12.8. The molecular weight excluding hydrogens is 314 g/mol. The van der Waals surface area contributed by atoms with Gasteiger partial charge in [0, 0.05) is 26.8 Å². The Kier molecular flexibility index (Phi) is 5.27. The van der Waals surface area contributed by atoms with Crippen LogP contribution in [0, 0.1) is 0 Å². The van der Waals surface area contributed by atoms with Gasteiger partial charge in [-0.3, -0.25) is 0 Å². The molecule has 0 aliphatic rings. The van der Waals surface area contributed by atoms with E-state index in [0.29, 0.717) is 0 Å². The highest BCUT2D eigenvalue weighted by Gasteiger charge is 2.18. The smallest absolute Gasteiger partial charge is 0.242 e. The number of pyridine rings is 1. The number of aromatic nitrogens is 1. The summed E-state index contributed by atoms with van der Waals surface area (Å²) >= 11 is 5.55. The second-order valence-corrected chi connectivity index (χ2v) is 8.27. The van der Waals surface area contributed by atoms with Crippen molar-refractivity contribution in [1.29, 1.82) is 0 Å². The summed E-state index contributed by atoms with van der Waals surface area (Å²) in [6, 6.07) is 2.63. The van der Waals surface area contributed by atoms with Gasteiger partial charge >= 0.3 is 0 Å². The molecule has 1 aromatic rings. The van der Waals surface area contributed by atoms with Crippen molar-refractivity contribution in [1.82, 2.24) is 14.0 Å². The Morgan fingerprint density at radius 1 is 1.26 bits per heavy atom. The van der Waals surface area contributed by atoms with Gasteiger partial charge in [-0.1, -0.05) is 11.6 Å². The van der Waals surface area contributed by atoms with Crippen molar-refractivity contribution in [2.24, 2.45) is 0 Å². The first-order valence-electron chi connectivity index (χ1n) is 5.16. The predicted octanol–water partition coefficient (Wildman–Crippen LogP) is -0.0953. The molecule has 0 fully saturated rings. The molecular formula is C9H14ClN3O4S2. The molecule has 0 unspecified atom stereocenters. The van der Waals surface area contributed by atoms with Crippen LogP contribution >= 0.6 is 11.6 Å². The van der Waals surface area contributed by atoms with Gasteiger partial charge < -0.3 is 0 Å². The van der Waals surface area contributed by atoms with Gasteiger partial charge in [-0.05, 0) is 12.1 Å². The fourth-order valence-corrected chi connectivity index (χ4v) is 3.03. The monoisotopic (exact) mass is 327 g/mol. The average molecular weight is 328 g/mol. The topological polar surface area (TPSA) is 96.4 Å². The molecule has 0 saturated carbocycles. The molecule has 0 aromatic carbocycles. The van der Waals surface area contributed by atoms with Crippen LogP contribution < -0.4 is 4.72 Å². The minimum absolute atomic E-state index is 0.0702. The number of hydrogen-bond acceptors (Lipinski definition) is 5. The summed E-state index contributed by atoms with van der Waals surface area (Å²) in [5.41, 5.74) is 0. The highest BCUT2D eigenvalue weighted by atomic mass is 35.5. The van der Waals surface area contributed by atoms with E-state index in [4.69, 9.17) is 11.6 Å². The zero-order chi connectivity index (χ0) is 14.7. The van der Waals surface area contributed by atoms with Crippen LogP contribution in [0.25, 0.3) is 0 Å². The lowest BCUT2D eigenvalue weighted by atomic mass is 10.5. The van der Waals surface area contributed by atoms with Crippen LogP contribution in [0.2, 0.25) is 5.15 Å². The standard InChI is InChI=1S/C9H14ClN3O4S2/c1-13(2)18(14,15)6-5-12-19(16,17)8-3-4-9(10)11-7-8/h3-4,7,12H,5-6H2,1-2H3. The van der Waals surface area contributed by atoms with Crippen molar-refractivity contribution < 1.29 is 16.8 Å². The van der Waals surface area contributed by atoms with Crippen LogP contribution in [0.3, 0.4) is 0 Å². The summed E-state index contributed by atoms with van der Waals surface area (Å²) in [5, 5.41) is 0.175. The lowest BCUT2D eigenvalue weighted by molar-refractivity contribution is 0.519. The van der Waals surface area contributed by atoms with Gasteiger partial charge in [0.1, 0.15) is 10.0 Å². The molecule has 0 bridgehead atoms. The molecule has 1 rings (SSSR count). The van der Waals surface area contributed by atoms with Crippen LogP contribution in [0.1, 0.15) is 0 Å². The van der Waals surface area contributed by atoms with Crippen molar-refractivity contribution >= 4 is 31.6 Å². The van der Waals surface area contributed by atoms with Crippen LogP contribution in [0.5, 0.6) is 0 Å². The van der Waals surface area contributed by atoms with E-state index in [0.717, 1.165) is 10.5 Å². The van der Waals surface area contributed by atoms with E-state index in [1.165, 1.54) is 26.2 Å². The Labute approximate surface area is 117 Å². The first-order valence-corrected chi connectivity index (χ1v) is 8.63. The van der Waals surface area contributed by atoms with Gasteiger partial charge in [-0.15, -0.1) is 0 Å². The average Bonchev–Trinajstić information content (AvgIpc) is 2.28. The minimum atomic E-state index is -3.78. The number of halogens is 1. The lowest BCUT2D eigenvalue weighted by Crippen LogP contribution is -2.33. The van der Waals surface area contributed by atoms with E-state index in [2.05, 4.69) is 9.71 Å². The molecule has 1 heterocycles. The lowest BCUT2D eigenvalue weighted by Gasteiger charge is -2.11. The third kappa shape index (κ3) is 4.69. The van der Waals surface area contributed by atoms with Gasteiger partial charge in [0.05, 0.1) is 5.75 Å². The molecule has 0 spiro atoms. The predicted molar refractivity (Wildman–Crippen MR) is 71.9 cm³/mol. The SMILES string of the molecule is CN(C)S(=O)(=O)CCNS(=O)(=O)c1ccc(Cl)nc1. The Morgan fingerprint density at radius 2 is 1.89 bits per heavy atom. The highest BCUT2D eigenvalue weighted by Crippen LogP contribution is 2.10. The zero-order valence-electron chi connectivity index (χ0n) is 10.4. The molecule has 7 nitrogen and oxygen atoms in total. The zero-order valence-corrected chi connectivity index (χ0v) is 12.8. The molecule has 0 radical (unpaired) electrons. The third-order valence-corrected chi connectivity index (χ3v) is 5.72. The minimum Gasteiger partial charge on any atom is -0.243 e. The van der Waals surface area contributed by atoms with Crippen molar-refractivity contribution in [3.63, 3.8) is 0 Å². The summed E-state index contributed by atoms with van der Waals surface area (Å²) in [6.45, 7) is -0.217.